The van der Waals surface area contributed by atoms with Crippen molar-refractivity contribution in [3.63, 3.8) is 0 Å². The number of alkyl halides is 3. The van der Waals surface area contributed by atoms with Crippen molar-refractivity contribution in [3.05, 3.63) is 64.2 Å². The largest absolute Gasteiger partial charge is 0.478 e. The number of rotatable bonds is 9. The molecule has 1 heterocycles. The van der Waals surface area contributed by atoms with Crippen molar-refractivity contribution >= 4 is 5.97 Å². The third-order valence-corrected chi connectivity index (χ3v) is 6.48. The lowest BCUT2D eigenvalue weighted by molar-refractivity contribution is -0.152. The molecule has 8 heteroatoms. The molecule has 1 aliphatic heterocycles. The van der Waals surface area contributed by atoms with E-state index in [4.69, 9.17) is 4.74 Å². The van der Waals surface area contributed by atoms with E-state index in [0.717, 1.165) is 74.4 Å². The summed E-state index contributed by atoms with van der Waals surface area (Å²) < 4.78 is 44.0. The van der Waals surface area contributed by atoms with Gasteiger partial charge in [-0.2, -0.15) is 13.2 Å². The molecule has 1 fully saturated rings. The molecule has 0 aliphatic carbocycles. The number of carbonyl (C=O) groups is 1. The third-order valence-electron chi connectivity index (χ3n) is 6.48. The maximum absolute atomic E-state index is 12.7. The smallest absolute Gasteiger partial charge is 0.416 e. The van der Waals surface area contributed by atoms with E-state index in [1.54, 1.807) is 26.0 Å². The van der Waals surface area contributed by atoms with Crippen LogP contribution in [0.2, 0.25) is 0 Å². The number of aryl methyl sites for hydroxylation is 3. The van der Waals surface area contributed by atoms with Crippen LogP contribution in [0.4, 0.5) is 13.2 Å². The van der Waals surface area contributed by atoms with Crippen LogP contribution in [-0.2, 0) is 23.9 Å². The lowest BCUT2D eigenvalue weighted by Crippen LogP contribution is -2.46. The Morgan fingerprint density at radius 1 is 0.943 bits per heavy atom. The fourth-order valence-corrected chi connectivity index (χ4v) is 4.38. The molecule has 1 N–H and O–H groups in total. The first-order valence-electron chi connectivity index (χ1n) is 12.0. The number of hydrogen-bond donors (Lipinski definition) is 1. The van der Waals surface area contributed by atoms with Crippen molar-refractivity contribution in [1.82, 2.24) is 9.80 Å². The Bertz CT molecular complexity index is 988. The predicted octanol–water partition coefficient (Wildman–Crippen LogP) is 5.31. The van der Waals surface area contributed by atoms with E-state index in [9.17, 15) is 23.1 Å². The number of hydrogen-bond acceptors (Lipinski definition) is 4. The van der Waals surface area contributed by atoms with Gasteiger partial charge in [0.1, 0.15) is 5.75 Å². The van der Waals surface area contributed by atoms with Gasteiger partial charge in [-0.3, -0.25) is 4.90 Å². The van der Waals surface area contributed by atoms with Crippen LogP contribution in [0.1, 0.15) is 48.1 Å². The molecule has 0 unspecified atom stereocenters. The van der Waals surface area contributed by atoms with Crippen LogP contribution in [0.15, 0.2) is 36.4 Å². The molecule has 35 heavy (non-hydrogen) atoms. The summed E-state index contributed by atoms with van der Waals surface area (Å²) in [4.78, 5) is 16.1. The summed E-state index contributed by atoms with van der Waals surface area (Å²) in [5.74, 6) is -0.370. The van der Waals surface area contributed by atoms with Crippen LogP contribution in [0.3, 0.4) is 0 Å². The van der Waals surface area contributed by atoms with Crippen LogP contribution in [0, 0.1) is 13.8 Å². The molecule has 1 saturated heterocycles. The Morgan fingerprint density at radius 3 is 2.00 bits per heavy atom. The first kappa shape index (κ1) is 27.0. The van der Waals surface area contributed by atoms with E-state index in [-0.39, 0.29) is 0 Å². The maximum atomic E-state index is 12.7. The van der Waals surface area contributed by atoms with Gasteiger partial charge in [0.25, 0.3) is 0 Å². The van der Waals surface area contributed by atoms with Gasteiger partial charge in [0.2, 0.25) is 0 Å². The average molecular weight is 493 g/mol. The van der Waals surface area contributed by atoms with Crippen LogP contribution in [-0.4, -0.2) is 59.2 Å². The second kappa shape index (κ2) is 11.0. The summed E-state index contributed by atoms with van der Waals surface area (Å²) in [5.41, 5.74) is 2.09. The summed E-state index contributed by atoms with van der Waals surface area (Å²) in [6.45, 7) is 12.3. The number of halogens is 3. The third kappa shape index (κ3) is 7.45. The van der Waals surface area contributed by atoms with Crippen molar-refractivity contribution < 1.29 is 27.8 Å². The molecule has 192 valence electrons. The number of ether oxygens (including phenoxy) is 1. The van der Waals surface area contributed by atoms with Gasteiger partial charge in [-0.1, -0.05) is 24.3 Å². The summed E-state index contributed by atoms with van der Waals surface area (Å²) in [6, 6.07) is 9.59. The maximum Gasteiger partial charge on any atom is 0.416 e. The topological polar surface area (TPSA) is 53.0 Å². The Labute approximate surface area is 205 Å². The van der Waals surface area contributed by atoms with Gasteiger partial charge in [0.15, 0.2) is 5.60 Å². The minimum atomic E-state index is -4.30. The number of carboxylic acids is 1. The molecular weight excluding hydrogens is 457 g/mol. The Kier molecular flexibility index (Phi) is 8.49. The van der Waals surface area contributed by atoms with Crippen LogP contribution in [0.25, 0.3) is 0 Å². The van der Waals surface area contributed by atoms with Gasteiger partial charge in [-0.05, 0) is 81.5 Å². The van der Waals surface area contributed by atoms with Crippen molar-refractivity contribution in [1.29, 1.82) is 0 Å². The first-order chi connectivity index (χ1) is 16.3. The van der Waals surface area contributed by atoms with E-state index in [0.29, 0.717) is 12.3 Å². The van der Waals surface area contributed by atoms with Crippen molar-refractivity contribution in [2.24, 2.45) is 0 Å². The zero-order chi connectivity index (χ0) is 25.8. The fraction of sp³-hybridized carbons (Fsp3) is 0.519. The normalized spacial score (nSPS) is 15.9. The lowest BCUT2D eigenvalue weighted by atomic mass is 10.0. The first-order valence-corrected chi connectivity index (χ1v) is 12.0. The van der Waals surface area contributed by atoms with Gasteiger partial charge < -0.3 is 14.7 Å². The van der Waals surface area contributed by atoms with E-state index in [1.165, 1.54) is 5.56 Å². The fourth-order valence-electron chi connectivity index (χ4n) is 4.38. The number of aliphatic carboxylic acids is 1. The Balaban J connectivity index is 1.44. The highest BCUT2D eigenvalue weighted by Crippen LogP contribution is 2.30. The molecule has 5 nitrogen and oxygen atoms in total. The number of benzene rings is 2. The molecule has 0 amide bonds. The molecule has 0 bridgehead atoms. The lowest BCUT2D eigenvalue weighted by Gasteiger charge is -2.34. The average Bonchev–Trinajstić information content (AvgIpc) is 2.77. The molecule has 0 spiro atoms. The number of nitrogens with zero attached hydrogens (tertiary/aromatic N) is 2. The molecule has 1 aliphatic rings. The molecule has 0 atom stereocenters. The van der Waals surface area contributed by atoms with Gasteiger partial charge in [0.05, 0.1) is 5.56 Å². The molecule has 0 radical (unpaired) electrons. The summed E-state index contributed by atoms with van der Waals surface area (Å²) >= 11 is 0. The summed E-state index contributed by atoms with van der Waals surface area (Å²) in [5, 5.41) is 9.34. The van der Waals surface area contributed by atoms with Crippen molar-refractivity contribution in [2.45, 2.75) is 58.9 Å². The summed E-state index contributed by atoms with van der Waals surface area (Å²) in [7, 11) is 0. The van der Waals surface area contributed by atoms with Gasteiger partial charge in [-0.15, -0.1) is 0 Å². The SMILES string of the molecule is Cc1cc(CCCN2CCN(Cc3ccc(C(F)(F)F)cc3)CC2)cc(C)c1OC(C)(C)C(=O)O. The Morgan fingerprint density at radius 2 is 1.49 bits per heavy atom. The zero-order valence-corrected chi connectivity index (χ0v) is 20.9. The predicted molar refractivity (Wildman–Crippen MR) is 130 cm³/mol. The minimum Gasteiger partial charge on any atom is -0.478 e. The van der Waals surface area contributed by atoms with Crippen molar-refractivity contribution in [3.8, 4) is 5.75 Å². The minimum absolute atomic E-state index is 0.609. The van der Waals surface area contributed by atoms with Gasteiger partial charge in [0, 0.05) is 32.7 Å². The molecule has 0 aromatic heterocycles. The molecule has 3 rings (SSSR count). The highest BCUT2D eigenvalue weighted by atomic mass is 19.4. The van der Waals surface area contributed by atoms with E-state index in [1.807, 2.05) is 13.8 Å². The second-order valence-electron chi connectivity index (χ2n) is 9.89. The molecule has 0 saturated carbocycles. The molecule has 2 aromatic carbocycles. The van der Waals surface area contributed by atoms with E-state index >= 15 is 0 Å². The van der Waals surface area contributed by atoms with Gasteiger partial charge >= 0.3 is 12.1 Å². The highest BCUT2D eigenvalue weighted by molar-refractivity contribution is 5.77. The van der Waals surface area contributed by atoms with Crippen LogP contribution in [0.5, 0.6) is 5.75 Å². The zero-order valence-electron chi connectivity index (χ0n) is 20.9. The number of piperazine rings is 1. The van der Waals surface area contributed by atoms with E-state index in [2.05, 4.69) is 21.9 Å². The van der Waals surface area contributed by atoms with Gasteiger partial charge in [-0.25, -0.2) is 4.79 Å². The molecule has 2 aromatic rings. The summed E-state index contributed by atoms with van der Waals surface area (Å²) in [6.07, 6.45) is -2.36. The van der Waals surface area contributed by atoms with E-state index < -0.39 is 23.3 Å². The number of carboxylic acid groups (broad SMARTS) is 1. The highest BCUT2D eigenvalue weighted by Gasteiger charge is 2.31. The monoisotopic (exact) mass is 492 g/mol. The Hall–Kier alpha value is -2.58. The van der Waals surface area contributed by atoms with Crippen LogP contribution < -0.4 is 4.74 Å². The second-order valence-corrected chi connectivity index (χ2v) is 9.89. The quantitative estimate of drug-likeness (QED) is 0.514. The standard InChI is InChI=1S/C27H35F3N2O3/c1-19-16-22(17-20(2)24(19)35-26(3,4)25(33)34)6-5-11-31-12-14-32(15-13-31)18-21-7-9-23(10-8-21)27(28,29)30/h7-10,16-17H,5-6,11-15,18H2,1-4H3,(H,33,34). The van der Waals surface area contributed by atoms with Crippen molar-refractivity contribution in [2.75, 3.05) is 32.7 Å². The van der Waals surface area contributed by atoms with Crippen LogP contribution >= 0.6 is 0 Å². The molecular formula is C27H35F3N2O3.